The van der Waals surface area contributed by atoms with Gasteiger partial charge < -0.3 is 19.1 Å². The molecule has 3 amide bonds. The lowest BCUT2D eigenvalue weighted by Crippen LogP contribution is -2.56. The van der Waals surface area contributed by atoms with Crippen molar-refractivity contribution >= 4 is 39.5 Å². The molecule has 2 fully saturated rings. The van der Waals surface area contributed by atoms with Crippen molar-refractivity contribution in [2.24, 2.45) is 0 Å². The summed E-state index contributed by atoms with van der Waals surface area (Å²) in [6.07, 6.45) is 0.783. The number of hydrogen-bond donors (Lipinski definition) is 0. The molecular formula is C28H35BrClN3O5. The molecule has 0 spiro atoms. The summed E-state index contributed by atoms with van der Waals surface area (Å²) in [6, 6.07) is 11.2. The largest absolute Gasteiger partial charge is 0.493 e. The summed E-state index contributed by atoms with van der Waals surface area (Å²) in [7, 11) is 3.16. The number of amides is 3. The molecule has 8 nitrogen and oxygen atoms in total. The molecule has 2 saturated heterocycles. The van der Waals surface area contributed by atoms with Crippen molar-refractivity contribution in [1.82, 2.24) is 14.7 Å². The van der Waals surface area contributed by atoms with Gasteiger partial charge in [-0.05, 0) is 55.7 Å². The van der Waals surface area contributed by atoms with E-state index in [1.165, 1.54) is 4.90 Å². The molecule has 2 heterocycles. The summed E-state index contributed by atoms with van der Waals surface area (Å²) >= 11 is 9.75. The van der Waals surface area contributed by atoms with Crippen LogP contribution in [0.2, 0.25) is 5.02 Å². The van der Waals surface area contributed by atoms with Gasteiger partial charge >= 0.3 is 6.03 Å². The Balaban J connectivity index is 1.52. The zero-order valence-electron chi connectivity index (χ0n) is 22.3. The van der Waals surface area contributed by atoms with Crippen LogP contribution in [0.1, 0.15) is 37.4 Å². The minimum absolute atomic E-state index is 0.0468. The number of methoxy groups -OCH3 is 2. The van der Waals surface area contributed by atoms with Gasteiger partial charge in [0, 0.05) is 48.6 Å². The zero-order valence-corrected chi connectivity index (χ0v) is 24.7. The first-order chi connectivity index (χ1) is 18.1. The standard InChI is InChI=1S/C28H35BrClN3O5/c1-28(2)18-32(13-14-38-28)23(19-5-7-21(30)8-6-19)17-31-11-10-26(34)33(27(31)35)12-9-20-15-24(36-3)25(37-4)16-22(20)29/h5-8,15-16,23H,9-14,17-18H2,1-4H3. The Morgan fingerprint density at radius 2 is 1.76 bits per heavy atom. The van der Waals surface area contributed by atoms with Gasteiger partial charge in [0.25, 0.3) is 0 Å². The number of imide groups is 1. The van der Waals surface area contributed by atoms with Crippen LogP contribution >= 0.6 is 27.5 Å². The number of ether oxygens (including phenoxy) is 3. The van der Waals surface area contributed by atoms with Crippen LogP contribution in [0.3, 0.4) is 0 Å². The van der Waals surface area contributed by atoms with E-state index in [4.69, 9.17) is 25.8 Å². The van der Waals surface area contributed by atoms with Crippen molar-refractivity contribution in [3.05, 3.63) is 57.0 Å². The topological polar surface area (TPSA) is 71.5 Å². The van der Waals surface area contributed by atoms with Gasteiger partial charge in [-0.2, -0.15) is 0 Å². The summed E-state index contributed by atoms with van der Waals surface area (Å²) < 4.78 is 17.6. The lowest BCUT2D eigenvalue weighted by atomic mass is 10.00. The van der Waals surface area contributed by atoms with Crippen molar-refractivity contribution < 1.29 is 23.8 Å². The molecule has 4 rings (SSSR count). The second-order valence-electron chi connectivity index (χ2n) is 10.2. The number of rotatable bonds is 9. The van der Waals surface area contributed by atoms with E-state index in [-0.39, 0.29) is 30.1 Å². The summed E-state index contributed by atoms with van der Waals surface area (Å²) in [5.41, 5.74) is 1.72. The number of benzene rings is 2. The minimum atomic E-state index is -0.288. The molecule has 1 unspecified atom stereocenters. The molecular weight excluding hydrogens is 574 g/mol. The van der Waals surface area contributed by atoms with Crippen molar-refractivity contribution in [2.75, 3.05) is 53.6 Å². The third kappa shape index (κ3) is 6.62. The van der Waals surface area contributed by atoms with E-state index in [0.29, 0.717) is 49.1 Å². The normalized spacial score (nSPS) is 19.0. The lowest BCUT2D eigenvalue weighted by molar-refractivity contribution is -0.131. The molecule has 0 radical (unpaired) electrons. The van der Waals surface area contributed by atoms with Crippen molar-refractivity contribution in [3.8, 4) is 11.5 Å². The van der Waals surface area contributed by atoms with Crippen molar-refractivity contribution in [2.45, 2.75) is 38.3 Å². The van der Waals surface area contributed by atoms with Gasteiger partial charge in [-0.25, -0.2) is 4.79 Å². The Hall–Kier alpha value is -2.33. The highest BCUT2D eigenvalue weighted by atomic mass is 79.9. The maximum absolute atomic E-state index is 13.6. The Morgan fingerprint density at radius 3 is 2.42 bits per heavy atom. The van der Waals surface area contributed by atoms with Crippen LogP contribution in [-0.2, 0) is 16.0 Å². The molecule has 2 aliphatic heterocycles. The number of carbonyl (C=O) groups is 2. The van der Waals surface area contributed by atoms with Crippen LogP contribution < -0.4 is 9.47 Å². The molecule has 10 heteroatoms. The predicted molar refractivity (Wildman–Crippen MR) is 150 cm³/mol. The number of nitrogens with zero attached hydrogens (tertiary/aromatic N) is 3. The van der Waals surface area contributed by atoms with E-state index < -0.39 is 0 Å². The summed E-state index contributed by atoms with van der Waals surface area (Å²) in [5, 5.41) is 0.668. The monoisotopic (exact) mass is 607 g/mol. The highest BCUT2D eigenvalue weighted by Gasteiger charge is 2.37. The first-order valence-electron chi connectivity index (χ1n) is 12.7. The van der Waals surface area contributed by atoms with Gasteiger partial charge in [-0.3, -0.25) is 14.6 Å². The summed E-state index contributed by atoms with van der Waals surface area (Å²) in [5.74, 6) is 1.06. The Morgan fingerprint density at radius 1 is 1.08 bits per heavy atom. The third-order valence-electron chi connectivity index (χ3n) is 7.10. The molecule has 0 aliphatic carbocycles. The highest BCUT2D eigenvalue weighted by Crippen LogP contribution is 2.34. The Kier molecular flexibility index (Phi) is 9.23. The molecule has 0 saturated carbocycles. The van der Waals surface area contributed by atoms with Crippen LogP contribution in [0.15, 0.2) is 40.9 Å². The second kappa shape index (κ2) is 12.2. The van der Waals surface area contributed by atoms with Crippen LogP contribution in [0.5, 0.6) is 11.5 Å². The van der Waals surface area contributed by atoms with E-state index in [9.17, 15) is 9.59 Å². The van der Waals surface area contributed by atoms with Gasteiger partial charge in [-0.1, -0.05) is 39.7 Å². The average Bonchev–Trinajstić information content (AvgIpc) is 2.88. The van der Waals surface area contributed by atoms with E-state index in [0.717, 1.165) is 28.7 Å². The second-order valence-corrected chi connectivity index (χ2v) is 11.5. The minimum Gasteiger partial charge on any atom is -0.493 e. The third-order valence-corrected chi connectivity index (χ3v) is 8.09. The SMILES string of the molecule is COc1cc(Br)c(CCN2C(=O)CCN(CC(c3ccc(Cl)cc3)N3CCOC(C)(C)C3)C2=O)cc1OC. The van der Waals surface area contributed by atoms with Crippen LogP contribution in [-0.4, -0.2) is 85.8 Å². The van der Waals surface area contributed by atoms with Gasteiger partial charge in [-0.15, -0.1) is 0 Å². The van der Waals surface area contributed by atoms with E-state index >= 15 is 0 Å². The average molecular weight is 609 g/mol. The van der Waals surface area contributed by atoms with Crippen LogP contribution in [0.25, 0.3) is 0 Å². The van der Waals surface area contributed by atoms with Gasteiger partial charge in [0.1, 0.15) is 0 Å². The molecule has 0 N–H and O–H groups in total. The van der Waals surface area contributed by atoms with Crippen LogP contribution in [0, 0.1) is 0 Å². The fraction of sp³-hybridized carbons (Fsp3) is 0.500. The smallest absolute Gasteiger partial charge is 0.326 e. The first kappa shape index (κ1) is 28.7. The van der Waals surface area contributed by atoms with Crippen LogP contribution in [0.4, 0.5) is 4.79 Å². The number of hydrogen-bond acceptors (Lipinski definition) is 6. The van der Waals surface area contributed by atoms with Crippen molar-refractivity contribution in [3.63, 3.8) is 0 Å². The molecule has 1 atom stereocenters. The maximum Gasteiger partial charge on any atom is 0.326 e. The molecule has 2 aromatic rings. The highest BCUT2D eigenvalue weighted by molar-refractivity contribution is 9.10. The van der Waals surface area contributed by atoms with E-state index in [1.54, 1.807) is 19.1 Å². The Labute approximate surface area is 237 Å². The zero-order chi connectivity index (χ0) is 27.4. The summed E-state index contributed by atoms with van der Waals surface area (Å²) in [6.45, 7) is 7.42. The number of morpholine rings is 1. The van der Waals surface area contributed by atoms with Gasteiger partial charge in [0.2, 0.25) is 5.91 Å². The molecule has 2 aromatic carbocycles. The fourth-order valence-corrected chi connectivity index (χ4v) is 5.74. The molecule has 38 heavy (non-hydrogen) atoms. The van der Waals surface area contributed by atoms with E-state index in [1.807, 2.05) is 36.4 Å². The van der Waals surface area contributed by atoms with Crippen molar-refractivity contribution in [1.29, 1.82) is 0 Å². The predicted octanol–water partition coefficient (Wildman–Crippen LogP) is 5.17. The molecule has 206 valence electrons. The Bertz CT molecular complexity index is 1160. The number of halogens is 2. The van der Waals surface area contributed by atoms with E-state index in [2.05, 4.69) is 34.7 Å². The first-order valence-corrected chi connectivity index (χ1v) is 13.9. The number of urea groups is 1. The number of carbonyl (C=O) groups excluding carboxylic acids is 2. The fourth-order valence-electron chi connectivity index (χ4n) is 5.09. The quantitative estimate of drug-likeness (QED) is 0.391. The van der Waals surface area contributed by atoms with Gasteiger partial charge in [0.05, 0.1) is 32.5 Å². The molecule has 0 bridgehead atoms. The molecule has 2 aliphatic rings. The summed E-state index contributed by atoms with van der Waals surface area (Å²) in [4.78, 5) is 32.0. The lowest BCUT2D eigenvalue weighted by Gasteiger charge is -2.44. The maximum atomic E-state index is 13.6. The van der Waals surface area contributed by atoms with Gasteiger partial charge in [0.15, 0.2) is 11.5 Å². The molecule has 0 aromatic heterocycles.